The Hall–Kier alpha value is -0.870. The van der Waals surface area contributed by atoms with E-state index >= 15 is 0 Å². The van der Waals surface area contributed by atoms with E-state index < -0.39 is 0 Å². The van der Waals surface area contributed by atoms with Gasteiger partial charge in [-0.1, -0.05) is 27.7 Å². The first kappa shape index (κ1) is 15.5. The summed E-state index contributed by atoms with van der Waals surface area (Å²) in [4.78, 5) is 2.60. The lowest BCUT2D eigenvalue weighted by Gasteiger charge is -2.34. The number of piperidine rings is 1. The quantitative estimate of drug-likeness (QED) is 0.917. The molecule has 0 aromatic carbocycles. The SMILES string of the molecule is CCN(Cc1cn(C)nc1C(C)(C)C)C1CCCNC1. The molecule has 0 spiro atoms. The highest BCUT2D eigenvalue weighted by molar-refractivity contribution is 5.24. The summed E-state index contributed by atoms with van der Waals surface area (Å²) in [5.41, 5.74) is 2.73. The number of nitrogens with one attached hydrogen (secondary N) is 1. The average Bonchev–Trinajstić information content (AvgIpc) is 2.78. The lowest BCUT2D eigenvalue weighted by atomic mass is 9.89. The molecular formula is C16H30N4. The van der Waals surface area contributed by atoms with Crippen molar-refractivity contribution in [1.29, 1.82) is 0 Å². The van der Waals surface area contributed by atoms with E-state index in [1.165, 1.54) is 30.6 Å². The number of hydrogen-bond acceptors (Lipinski definition) is 3. The van der Waals surface area contributed by atoms with Gasteiger partial charge in [0.05, 0.1) is 5.69 Å². The van der Waals surface area contributed by atoms with Crippen molar-refractivity contribution < 1.29 is 0 Å². The number of hydrogen-bond donors (Lipinski definition) is 1. The molecule has 1 aliphatic rings. The molecule has 0 amide bonds. The van der Waals surface area contributed by atoms with E-state index in [9.17, 15) is 0 Å². The van der Waals surface area contributed by atoms with Gasteiger partial charge in [0.25, 0.3) is 0 Å². The molecule has 20 heavy (non-hydrogen) atoms. The Labute approximate surface area is 123 Å². The summed E-state index contributed by atoms with van der Waals surface area (Å²) in [5, 5.41) is 8.21. The number of aromatic nitrogens is 2. The molecular weight excluding hydrogens is 248 g/mol. The minimum atomic E-state index is 0.112. The molecule has 4 nitrogen and oxygen atoms in total. The zero-order valence-corrected chi connectivity index (χ0v) is 13.7. The van der Waals surface area contributed by atoms with Gasteiger partial charge in [0, 0.05) is 43.4 Å². The van der Waals surface area contributed by atoms with E-state index in [1.807, 2.05) is 11.7 Å². The van der Waals surface area contributed by atoms with Crippen LogP contribution in [0.5, 0.6) is 0 Å². The number of aryl methyl sites for hydroxylation is 1. The van der Waals surface area contributed by atoms with Crippen LogP contribution in [-0.4, -0.2) is 40.4 Å². The van der Waals surface area contributed by atoms with Crippen LogP contribution in [0.2, 0.25) is 0 Å². The lowest BCUT2D eigenvalue weighted by Crippen LogP contribution is -2.45. The van der Waals surface area contributed by atoms with Crippen LogP contribution in [0, 0.1) is 0 Å². The van der Waals surface area contributed by atoms with Crippen molar-refractivity contribution in [2.45, 2.75) is 58.5 Å². The van der Waals surface area contributed by atoms with Gasteiger partial charge in [-0.15, -0.1) is 0 Å². The van der Waals surface area contributed by atoms with Crippen molar-refractivity contribution in [3.8, 4) is 0 Å². The fourth-order valence-electron chi connectivity index (χ4n) is 3.15. The van der Waals surface area contributed by atoms with E-state index in [0.717, 1.165) is 19.6 Å². The molecule has 0 bridgehead atoms. The molecule has 114 valence electrons. The van der Waals surface area contributed by atoms with Crippen LogP contribution < -0.4 is 5.32 Å². The Kier molecular flexibility index (Phi) is 4.86. The van der Waals surface area contributed by atoms with Crippen LogP contribution >= 0.6 is 0 Å². The van der Waals surface area contributed by atoms with E-state index in [4.69, 9.17) is 0 Å². The molecule has 1 aliphatic heterocycles. The third kappa shape index (κ3) is 3.61. The highest BCUT2D eigenvalue weighted by Crippen LogP contribution is 2.26. The van der Waals surface area contributed by atoms with Crippen LogP contribution in [0.1, 0.15) is 51.8 Å². The molecule has 1 aromatic heterocycles. The largest absolute Gasteiger partial charge is 0.315 e. The third-order valence-corrected chi connectivity index (χ3v) is 4.18. The Balaban J connectivity index is 2.14. The highest BCUT2D eigenvalue weighted by atomic mass is 15.3. The standard InChI is InChI=1S/C16H30N4/c1-6-20(14-8-7-9-17-10-14)12-13-11-19(5)18-15(13)16(2,3)4/h11,14,17H,6-10,12H2,1-5H3. The Morgan fingerprint density at radius 2 is 2.20 bits per heavy atom. The summed E-state index contributed by atoms with van der Waals surface area (Å²) in [5.74, 6) is 0. The minimum absolute atomic E-state index is 0.112. The molecule has 0 saturated carbocycles. The van der Waals surface area contributed by atoms with Crippen LogP contribution in [0.25, 0.3) is 0 Å². The monoisotopic (exact) mass is 278 g/mol. The molecule has 0 radical (unpaired) electrons. The Morgan fingerprint density at radius 1 is 1.45 bits per heavy atom. The molecule has 1 saturated heterocycles. The molecule has 1 aromatic rings. The topological polar surface area (TPSA) is 33.1 Å². The molecule has 0 aliphatic carbocycles. The maximum absolute atomic E-state index is 4.69. The molecule has 2 rings (SSSR count). The van der Waals surface area contributed by atoms with E-state index in [2.05, 4.69) is 49.2 Å². The Bertz CT molecular complexity index is 424. The van der Waals surface area contributed by atoms with Crippen molar-refractivity contribution in [3.63, 3.8) is 0 Å². The fraction of sp³-hybridized carbons (Fsp3) is 0.812. The maximum atomic E-state index is 4.69. The predicted molar refractivity (Wildman–Crippen MR) is 83.9 cm³/mol. The van der Waals surface area contributed by atoms with Crippen molar-refractivity contribution in [2.24, 2.45) is 7.05 Å². The second-order valence-electron chi connectivity index (χ2n) is 6.99. The molecule has 1 N–H and O–H groups in total. The predicted octanol–water partition coefficient (Wildman–Crippen LogP) is 2.29. The number of rotatable bonds is 4. The molecule has 4 heteroatoms. The van der Waals surface area contributed by atoms with Gasteiger partial charge in [-0.3, -0.25) is 9.58 Å². The van der Waals surface area contributed by atoms with Gasteiger partial charge >= 0.3 is 0 Å². The summed E-state index contributed by atoms with van der Waals surface area (Å²) in [7, 11) is 2.02. The summed E-state index contributed by atoms with van der Waals surface area (Å²) < 4.78 is 1.96. The highest BCUT2D eigenvalue weighted by Gasteiger charge is 2.25. The number of likely N-dealkylation sites (N-methyl/N-ethyl adjacent to an activating group) is 1. The van der Waals surface area contributed by atoms with Gasteiger partial charge in [0.2, 0.25) is 0 Å². The summed E-state index contributed by atoms with van der Waals surface area (Å²) in [6.45, 7) is 13.4. The maximum Gasteiger partial charge on any atom is 0.0722 e. The average molecular weight is 278 g/mol. The van der Waals surface area contributed by atoms with Crippen molar-refractivity contribution >= 4 is 0 Å². The zero-order chi connectivity index (χ0) is 14.8. The van der Waals surface area contributed by atoms with Crippen LogP contribution in [0.4, 0.5) is 0 Å². The first-order valence-corrected chi connectivity index (χ1v) is 7.89. The second kappa shape index (κ2) is 6.27. The summed E-state index contributed by atoms with van der Waals surface area (Å²) in [6.07, 6.45) is 4.80. The van der Waals surface area contributed by atoms with Gasteiger partial charge in [-0.25, -0.2) is 0 Å². The van der Waals surface area contributed by atoms with E-state index in [-0.39, 0.29) is 5.41 Å². The van der Waals surface area contributed by atoms with E-state index in [0.29, 0.717) is 6.04 Å². The third-order valence-electron chi connectivity index (χ3n) is 4.18. The normalized spacial score (nSPS) is 20.6. The van der Waals surface area contributed by atoms with Crippen LogP contribution in [0.3, 0.4) is 0 Å². The first-order valence-electron chi connectivity index (χ1n) is 7.89. The van der Waals surface area contributed by atoms with Crippen molar-refractivity contribution in [3.05, 3.63) is 17.5 Å². The lowest BCUT2D eigenvalue weighted by molar-refractivity contribution is 0.165. The van der Waals surface area contributed by atoms with Crippen LogP contribution in [-0.2, 0) is 19.0 Å². The smallest absolute Gasteiger partial charge is 0.0722 e. The van der Waals surface area contributed by atoms with Gasteiger partial charge in [-0.05, 0) is 25.9 Å². The Morgan fingerprint density at radius 3 is 2.75 bits per heavy atom. The van der Waals surface area contributed by atoms with Gasteiger partial charge < -0.3 is 5.32 Å². The number of nitrogens with zero attached hydrogens (tertiary/aromatic N) is 3. The fourth-order valence-corrected chi connectivity index (χ4v) is 3.15. The van der Waals surface area contributed by atoms with Crippen molar-refractivity contribution in [2.75, 3.05) is 19.6 Å². The molecule has 1 unspecified atom stereocenters. The first-order chi connectivity index (χ1) is 9.41. The molecule has 2 heterocycles. The molecule has 1 fully saturated rings. The zero-order valence-electron chi connectivity index (χ0n) is 13.7. The molecule has 1 atom stereocenters. The van der Waals surface area contributed by atoms with Gasteiger partial charge in [-0.2, -0.15) is 5.10 Å². The van der Waals surface area contributed by atoms with Gasteiger partial charge in [0.1, 0.15) is 0 Å². The van der Waals surface area contributed by atoms with Gasteiger partial charge in [0.15, 0.2) is 0 Å². The van der Waals surface area contributed by atoms with Crippen molar-refractivity contribution in [1.82, 2.24) is 20.0 Å². The van der Waals surface area contributed by atoms with Crippen LogP contribution in [0.15, 0.2) is 6.20 Å². The summed E-state index contributed by atoms with van der Waals surface area (Å²) in [6, 6.07) is 0.668. The second-order valence-corrected chi connectivity index (χ2v) is 6.99. The van der Waals surface area contributed by atoms with E-state index in [1.54, 1.807) is 0 Å². The minimum Gasteiger partial charge on any atom is -0.315 e. The summed E-state index contributed by atoms with van der Waals surface area (Å²) >= 11 is 0.